The summed E-state index contributed by atoms with van der Waals surface area (Å²) in [6, 6.07) is 9.35. The maximum Gasteiger partial charge on any atom is 0.252 e. The molecular formula is C18H21N3O4S4. The Morgan fingerprint density at radius 3 is 2.59 bits per heavy atom. The van der Waals surface area contributed by atoms with Crippen molar-refractivity contribution in [3.05, 3.63) is 35.9 Å². The summed E-state index contributed by atoms with van der Waals surface area (Å²) in [4.78, 5) is 27.3. The second kappa shape index (κ2) is 9.09. The molecule has 1 aromatic heterocycles. The minimum Gasteiger partial charge on any atom is -0.350 e. The van der Waals surface area contributed by atoms with Crippen molar-refractivity contribution in [3.63, 3.8) is 0 Å². The molecule has 7 nitrogen and oxygen atoms in total. The highest BCUT2D eigenvalue weighted by atomic mass is 32.3. The number of hydrogen-bond acceptors (Lipinski definition) is 7. The Hall–Kier alpha value is -1.53. The smallest absolute Gasteiger partial charge is 0.252 e. The predicted molar refractivity (Wildman–Crippen MR) is 118 cm³/mol. The molecule has 0 radical (unpaired) electrons. The van der Waals surface area contributed by atoms with E-state index in [1.807, 2.05) is 30.5 Å². The lowest BCUT2D eigenvalue weighted by Gasteiger charge is -2.25. The summed E-state index contributed by atoms with van der Waals surface area (Å²) >= 11 is 4.07. The minimum atomic E-state index is -3.59. The van der Waals surface area contributed by atoms with Crippen LogP contribution in [-0.2, 0) is 26.2 Å². The van der Waals surface area contributed by atoms with Gasteiger partial charge < -0.3 is 10.2 Å². The molecule has 0 saturated carbocycles. The summed E-state index contributed by atoms with van der Waals surface area (Å²) in [6.45, 7) is 0.217. The first-order valence-electron chi connectivity index (χ1n) is 8.61. The molecule has 0 bridgehead atoms. The third-order valence-electron chi connectivity index (χ3n) is 4.26. The first-order chi connectivity index (χ1) is 13.7. The monoisotopic (exact) mass is 471 g/mol. The van der Waals surface area contributed by atoms with Crippen LogP contribution in [0.4, 0.5) is 5.69 Å². The number of nitrogens with one attached hydrogen (secondary N) is 1. The number of carbonyl (C=O) groups is 2. The summed E-state index contributed by atoms with van der Waals surface area (Å²) in [6.07, 6.45) is 2.00. The Labute approximate surface area is 182 Å². The summed E-state index contributed by atoms with van der Waals surface area (Å²) in [5.41, 5.74) is 1.45. The van der Waals surface area contributed by atoms with Crippen LogP contribution in [0.1, 0.15) is 5.56 Å². The van der Waals surface area contributed by atoms with Gasteiger partial charge in [-0.25, -0.2) is 12.7 Å². The highest BCUT2D eigenvalue weighted by Gasteiger charge is 2.32. The van der Waals surface area contributed by atoms with E-state index in [1.54, 1.807) is 11.8 Å². The fourth-order valence-corrected chi connectivity index (χ4v) is 6.94. The average Bonchev–Trinajstić information content (AvgIpc) is 3.14. The normalized spacial score (nSPS) is 14.2. The number of sulfonamides is 1. The van der Waals surface area contributed by atoms with Crippen LogP contribution in [0.25, 0.3) is 0 Å². The Bertz CT molecular complexity index is 1020. The SMILES string of the molecule is CSc1ccc(CNC(=O)CN2C(=O)CSc3sc(S(=O)(=O)N(C)C)cc32)cc1. The van der Waals surface area contributed by atoms with Crippen LogP contribution in [0, 0.1) is 0 Å². The Kier molecular flexibility index (Phi) is 6.94. The maximum atomic E-state index is 12.4. The van der Waals surface area contributed by atoms with Crippen molar-refractivity contribution in [2.24, 2.45) is 0 Å². The number of amides is 2. The number of fused-ring (bicyclic) bond motifs is 1. The van der Waals surface area contributed by atoms with Gasteiger partial charge in [-0.1, -0.05) is 12.1 Å². The zero-order valence-corrected chi connectivity index (χ0v) is 19.4. The zero-order valence-electron chi connectivity index (χ0n) is 16.2. The lowest BCUT2D eigenvalue weighted by molar-refractivity contribution is -0.123. The molecule has 1 aliphatic rings. The molecule has 3 rings (SSSR count). The molecule has 1 aromatic carbocycles. The van der Waals surface area contributed by atoms with Crippen LogP contribution in [0.5, 0.6) is 0 Å². The lowest BCUT2D eigenvalue weighted by Crippen LogP contribution is -2.42. The Balaban J connectivity index is 1.71. The van der Waals surface area contributed by atoms with Crippen LogP contribution in [0.15, 0.2) is 43.6 Å². The van der Waals surface area contributed by atoms with E-state index >= 15 is 0 Å². The second-order valence-electron chi connectivity index (χ2n) is 6.42. The molecule has 2 heterocycles. The molecule has 0 spiro atoms. The molecule has 2 amide bonds. The van der Waals surface area contributed by atoms with Gasteiger partial charge in [-0.2, -0.15) is 0 Å². The topological polar surface area (TPSA) is 86.8 Å². The van der Waals surface area contributed by atoms with Crippen molar-refractivity contribution in [2.75, 3.05) is 37.5 Å². The summed E-state index contributed by atoms with van der Waals surface area (Å²) < 4.78 is 26.8. The molecule has 0 saturated heterocycles. The number of nitrogens with zero attached hydrogens (tertiary/aromatic N) is 2. The zero-order chi connectivity index (χ0) is 21.2. The van der Waals surface area contributed by atoms with Gasteiger partial charge in [-0.3, -0.25) is 9.59 Å². The van der Waals surface area contributed by atoms with E-state index < -0.39 is 10.0 Å². The summed E-state index contributed by atoms with van der Waals surface area (Å²) in [7, 11) is -0.671. The van der Waals surface area contributed by atoms with Crippen molar-refractivity contribution < 1.29 is 18.0 Å². The van der Waals surface area contributed by atoms with Gasteiger partial charge in [0, 0.05) is 25.5 Å². The fourth-order valence-electron chi connectivity index (χ4n) is 2.60. The number of rotatable bonds is 7. The van der Waals surface area contributed by atoms with Crippen LogP contribution in [0.3, 0.4) is 0 Å². The van der Waals surface area contributed by atoms with Gasteiger partial charge in [-0.15, -0.1) is 34.9 Å². The largest absolute Gasteiger partial charge is 0.350 e. The molecule has 0 atom stereocenters. The highest BCUT2D eigenvalue weighted by molar-refractivity contribution is 8.02. The van der Waals surface area contributed by atoms with Crippen LogP contribution >= 0.6 is 34.9 Å². The van der Waals surface area contributed by atoms with E-state index in [2.05, 4.69) is 5.32 Å². The van der Waals surface area contributed by atoms with Crippen molar-refractivity contribution in [1.82, 2.24) is 9.62 Å². The number of thioether (sulfide) groups is 2. The van der Waals surface area contributed by atoms with Gasteiger partial charge in [0.25, 0.3) is 10.0 Å². The van der Waals surface area contributed by atoms with E-state index in [-0.39, 0.29) is 28.3 Å². The Morgan fingerprint density at radius 1 is 1.28 bits per heavy atom. The van der Waals surface area contributed by atoms with E-state index in [9.17, 15) is 18.0 Å². The van der Waals surface area contributed by atoms with Gasteiger partial charge >= 0.3 is 0 Å². The van der Waals surface area contributed by atoms with Crippen LogP contribution < -0.4 is 10.2 Å². The quantitative estimate of drug-likeness (QED) is 0.625. The number of thiophene rings is 1. The van der Waals surface area contributed by atoms with Gasteiger partial charge in [0.15, 0.2) is 0 Å². The van der Waals surface area contributed by atoms with E-state index in [1.165, 1.54) is 36.8 Å². The third-order valence-corrected chi connectivity index (χ3v) is 9.65. The second-order valence-corrected chi connectivity index (χ2v) is 12.0. The van der Waals surface area contributed by atoms with Crippen molar-refractivity contribution in [3.8, 4) is 0 Å². The summed E-state index contributed by atoms with van der Waals surface area (Å²) in [5, 5.41) is 2.82. The van der Waals surface area contributed by atoms with Gasteiger partial charge in [0.1, 0.15) is 10.8 Å². The Morgan fingerprint density at radius 2 is 1.97 bits per heavy atom. The minimum absolute atomic E-state index is 0.145. The maximum absolute atomic E-state index is 12.4. The summed E-state index contributed by atoms with van der Waals surface area (Å²) in [5.74, 6) is -0.333. The molecular weight excluding hydrogens is 450 g/mol. The van der Waals surface area contributed by atoms with Crippen LogP contribution in [-0.4, -0.2) is 57.2 Å². The van der Waals surface area contributed by atoms with Crippen molar-refractivity contribution in [2.45, 2.75) is 19.9 Å². The van der Waals surface area contributed by atoms with E-state index in [0.717, 1.165) is 30.3 Å². The number of hydrogen-bond donors (Lipinski definition) is 1. The molecule has 1 N–H and O–H groups in total. The molecule has 0 unspecified atom stereocenters. The highest BCUT2D eigenvalue weighted by Crippen LogP contribution is 2.43. The van der Waals surface area contributed by atoms with E-state index in [0.29, 0.717) is 12.2 Å². The predicted octanol–water partition coefficient (Wildman–Crippen LogP) is 2.48. The standard InChI is InChI=1S/C18H21N3O4S4/c1-20(2)29(24,25)17-8-14-18(28-17)27-11-16(23)21(14)10-15(22)19-9-12-4-6-13(26-3)7-5-12/h4-8H,9-11H2,1-3H3,(H,19,22). The molecule has 156 valence electrons. The van der Waals surface area contributed by atoms with Crippen molar-refractivity contribution >= 4 is 62.4 Å². The fraction of sp³-hybridized carbons (Fsp3) is 0.333. The molecule has 2 aromatic rings. The van der Waals surface area contributed by atoms with Gasteiger partial charge in [-0.05, 0) is 30.0 Å². The van der Waals surface area contributed by atoms with Crippen molar-refractivity contribution in [1.29, 1.82) is 0 Å². The lowest BCUT2D eigenvalue weighted by atomic mass is 10.2. The number of benzene rings is 1. The first-order valence-corrected chi connectivity index (χ1v) is 13.1. The van der Waals surface area contributed by atoms with Gasteiger partial charge in [0.2, 0.25) is 11.8 Å². The number of carbonyl (C=O) groups excluding carboxylic acids is 2. The molecule has 1 aliphatic heterocycles. The van der Waals surface area contributed by atoms with Crippen LogP contribution in [0.2, 0.25) is 0 Å². The van der Waals surface area contributed by atoms with Gasteiger partial charge in [0.05, 0.1) is 15.6 Å². The van der Waals surface area contributed by atoms with E-state index in [4.69, 9.17) is 0 Å². The third kappa shape index (κ3) is 4.97. The average molecular weight is 472 g/mol. The number of anilines is 1. The molecule has 0 fully saturated rings. The molecule has 29 heavy (non-hydrogen) atoms. The molecule has 11 heteroatoms. The molecule has 0 aliphatic carbocycles. The first kappa shape index (κ1) is 22.2.